The number of rotatable bonds is 10. The van der Waals surface area contributed by atoms with E-state index in [-0.39, 0.29) is 10.5 Å². The van der Waals surface area contributed by atoms with Gasteiger partial charge in [-0.2, -0.15) is 0 Å². The Hall–Kier alpha value is -0.0900. The van der Waals surface area contributed by atoms with E-state index in [4.69, 9.17) is 0 Å². The molecule has 0 radical (unpaired) electrons. The van der Waals surface area contributed by atoms with Gasteiger partial charge < -0.3 is 5.11 Å². The molecule has 2 aliphatic rings. The van der Waals surface area contributed by atoms with Gasteiger partial charge in [0.05, 0.1) is 16.1 Å². The summed E-state index contributed by atoms with van der Waals surface area (Å²) in [5.41, 5.74) is -0.696. The Labute approximate surface area is 136 Å². The van der Waals surface area contributed by atoms with Gasteiger partial charge in [0.15, 0.2) is 9.84 Å². The lowest BCUT2D eigenvalue weighted by Crippen LogP contribution is -2.44. The first-order valence-corrected chi connectivity index (χ1v) is 11.0. The topological polar surface area (TPSA) is 54.4 Å². The second kappa shape index (κ2) is 8.14. The molecular formula is C18H34O3S. The highest BCUT2D eigenvalue weighted by molar-refractivity contribution is 7.93. The van der Waals surface area contributed by atoms with E-state index < -0.39 is 15.4 Å². The highest BCUT2D eigenvalue weighted by atomic mass is 32.2. The van der Waals surface area contributed by atoms with Crippen LogP contribution in [0.1, 0.15) is 96.8 Å². The highest BCUT2D eigenvalue weighted by Gasteiger charge is 2.52. The van der Waals surface area contributed by atoms with E-state index in [1.807, 2.05) is 0 Å². The molecule has 0 spiro atoms. The Morgan fingerprint density at radius 3 is 1.82 bits per heavy atom. The third-order valence-corrected chi connectivity index (χ3v) is 8.36. The third-order valence-electron chi connectivity index (χ3n) is 5.70. The number of unbranched alkanes of at least 4 members (excludes halogenated alkanes) is 8. The normalized spacial score (nSPS) is 33.2. The zero-order valence-electron chi connectivity index (χ0n) is 14.2. The molecule has 2 unspecified atom stereocenters. The summed E-state index contributed by atoms with van der Waals surface area (Å²) in [4.78, 5) is 0. The van der Waals surface area contributed by atoms with Crippen LogP contribution in [0, 0.1) is 0 Å². The van der Waals surface area contributed by atoms with Crippen LogP contribution in [0.25, 0.3) is 0 Å². The average molecular weight is 331 g/mol. The van der Waals surface area contributed by atoms with Crippen LogP contribution in [-0.4, -0.2) is 29.6 Å². The van der Waals surface area contributed by atoms with Gasteiger partial charge in [-0.1, -0.05) is 64.7 Å². The first-order valence-electron chi connectivity index (χ1n) is 9.43. The molecular weight excluding hydrogens is 296 g/mol. The number of hydrogen-bond acceptors (Lipinski definition) is 3. The van der Waals surface area contributed by atoms with E-state index >= 15 is 0 Å². The lowest BCUT2D eigenvalue weighted by Gasteiger charge is -2.36. The van der Waals surface area contributed by atoms with Gasteiger partial charge in [0.25, 0.3) is 0 Å². The van der Waals surface area contributed by atoms with Crippen molar-refractivity contribution in [3.8, 4) is 0 Å². The number of sulfone groups is 1. The minimum atomic E-state index is -2.91. The van der Waals surface area contributed by atoms with Crippen LogP contribution in [0.15, 0.2) is 0 Å². The van der Waals surface area contributed by atoms with Crippen LogP contribution >= 0.6 is 0 Å². The van der Waals surface area contributed by atoms with Crippen molar-refractivity contribution in [1.82, 2.24) is 0 Å². The van der Waals surface area contributed by atoms with Crippen molar-refractivity contribution in [2.24, 2.45) is 0 Å². The molecule has 0 aliphatic carbocycles. The van der Waals surface area contributed by atoms with E-state index in [2.05, 4.69) is 6.92 Å². The third kappa shape index (κ3) is 4.70. The largest absolute Gasteiger partial charge is 0.390 e. The van der Waals surface area contributed by atoms with Crippen molar-refractivity contribution < 1.29 is 13.5 Å². The van der Waals surface area contributed by atoms with Gasteiger partial charge in [0, 0.05) is 0 Å². The summed E-state index contributed by atoms with van der Waals surface area (Å²) in [5, 5.41) is 10.2. The van der Waals surface area contributed by atoms with Gasteiger partial charge >= 0.3 is 0 Å². The summed E-state index contributed by atoms with van der Waals surface area (Å²) in [6.07, 6.45) is 14.8. The van der Waals surface area contributed by atoms with Crippen molar-refractivity contribution in [3.63, 3.8) is 0 Å². The maximum absolute atomic E-state index is 12.1. The maximum Gasteiger partial charge on any atom is 0.156 e. The molecule has 2 saturated heterocycles. The second-order valence-electron chi connectivity index (χ2n) is 7.62. The Morgan fingerprint density at radius 2 is 1.32 bits per heavy atom. The fraction of sp³-hybridized carbons (Fsp3) is 1.00. The molecule has 2 bridgehead atoms. The van der Waals surface area contributed by atoms with E-state index in [0.717, 1.165) is 25.7 Å². The lowest BCUT2D eigenvalue weighted by atomic mass is 9.87. The maximum atomic E-state index is 12.1. The summed E-state index contributed by atoms with van der Waals surface area (Å²) in [6.45, 7) is 2.24. The Kier molecular flexibility index (Phi) is 6.75. The van der Waals surface area contributed by atoms with Crippen LogP contribution < -0.4 is 0 Å². The van der Waals surface area contributed by atoms with Crippen LogP contribution in [0.4, 0.5) is 0 Å². The molecule has 2 rings (SSSR count). The molecule has 0 aromatic rings. The Balaban J connectivity index is 1.58. The van der Waals surface area contributed by atoms with Gasteiger partial charge in [-0.25, -0.2) is 8.42 Å². The van der Waals surface area contributed by atoms with Gasteiger partial charge in [0.1, 0.15) is 0 Å². The van der Waals surface area contributed by atoms with E-state index in [0.29, 0.717) is 12.8 Å². The molecule has 2 aliphatic heterocycles. The molecule has 4 heteroatoms. The predicted molar refractivity (Wildman–Crippen MR) is 91.8 cm³/mol. The summed E-state index contributed by atoms with van der Waals surface area (Å²) in [7, 11) is -2.91. The number of aliphatic hydroxyl groups is 1. The Bertz CT molecular complexity index is 410. The first-order chi connectivity index (χ1) is 10.5. The molecule has 0 aromatic heterocycles. The number of hydrogen-bond donors (Lipinski definition) is 1. The fourth-order valence-electron chi connectivity index (χ4n) is 4.31. The predicted octanol–water partition coefficient (Wildman–Crippen LogP) is 4.38. The zero-order valence-corrected chi connectivity index (χ0v) is 15.0. The molecule has 1 N–H and O–H groups in total. The smallest absolute Gasteiger partial charge is 0.156 e. The molecule has 2 heterocycles. The van der Waals surface area contributed by atoms with Gasteiger partial charge in [-0.15, -0.1) is 0 Å². The van der Waals surface area contributed by atoms with Gasteiger partial charge in [-0.05, 0) is 32.1 Å². The van der Waals surface area contributed by atoms with Gasteiger partial charge in [-0.3, -0.25) is 0 Å². The standard InChI is InChI=1S/C18H34O3S/c1-2-3-4-5-6-7-8-9-10-13-18(19)14-16-11-12-17(15-18)22(16,20)21/h16-17,19H,2-15H2,1H3. The molecule has 0 saturated carbocycles. The molecule has 2 fully saturated rings. The fourth-order valence-corrected chi connectivity index (χ4v) is 6.87. The van der Waals surface area contributed by atoms with E-state index in [9.17, 15) is 13.5 Å². The SMILES string of the molecule is CCCCCCCCCCCC1(O)CC2CCC(C1)S2(=O)=O. The van der Waals surface area contributed by atoms with Crippen molar-refractivity contribution in [2.75, 3.05) is 0 Å². The van der Waals surface area contributed by atoms with Crippen molar-refractivity contribution in [1.29, 1.82) is 0 Å². The molecule has 22 heavy (non-hydrogen) atoms. The van der Waals surface area contributed by atoms with Crippen LogP contribution in [0.2, 0.25) is 0 Å². The minimum absolute atomic E-state index is 0.255. The van der Waals surface area contributed by atoms with Crippen LogP contribution in [-0.2, 0) is 9.84 Å². The van der Waals surface area contributed by atoms with Crippen LogP contribution in [0.5, 0.6) is 0 Å². The first kappa shape index (κ1) is 18.3. The molecule has 2 atom stereocenters. The summed E-state index contributed by atoms with van der Waals surface area (Å²) < 4.78 is 24.1. The van der Waals surface area contributed by atoms with Crippen molar-refractivity contribution >= 4 is 9.84 Å². The summed E-state index contributed by atoms with van der Waals surface area (Å²) in [5.74, 6) is 0. The quantitative estimate of drug-likeness (QED) is 0.605. The lowest BCUT2D eigenvalue weighted by molar-refractivity contribution is 0.0108. The summed E-state index contributed by atoms with van der Waals surface area (Å²) in [6, 6.07) is 0. The van der Waals surface area contributed by atoms with Crippen molar-refractivity contribution in [3.05, 3.63) is 0 Å². The number of fused-ring (bicyclic) bond motifs is 2. The molecule has 0 amide bonds. The second-order valence-corrected chi connectivity index (χ2v) is 10.1. The highest BCUT2D eigenvalue weighted by Crippen LogP contribution is 2.44. The van der Waals surface area contributed by atoms with E-state index in [1.165, 1.54) is 51.4 Å². The molecule has 3 nitrogen and oxygen atoms in total. The molecule has 130 valence electrons. The van der Waals surface area contributed by atoms with Gasteiger partial charge in [0.2, 0.25) is 0 Å². The molecule has 0 aromatic carbocycles. The Morgan fingerprint density at radius 1 is 0.864 bits per heavy atom. The average Bonchev–Trinajstić information content (AvgIpc) is 2.65. The van der Waals surface area contributed by atoms with E-state index in [1.54, 1.807) is 0 Å². The monoisotopic (exact) mass is 330 g/mol. The van der Waals surface area contributed by atoms with Crippen molar-refractivity contribution in [2.45, 2.75) is 113 Å². The minimum Gasteiger partial charge on any atom is -0.390 e. The summed E-state index contributed by atoms with van der Waals surface area (Å²) >= 11 is 0. The zero-order chi connectivity index (χ0) is 16.1. The van der Waals surface area contributed by atoms with Crippen LogP contribution in [0.3, 0.4) is 0 Å².